The summed E-state index contributed by atoms with van der Waals surface area (Å²) in [6.45, 7) is -0.311. The Morgan fingerprint density at radius 1 is 1.83 bits per heavy atom. The molecule has 0 aliphatic heterocycles. The van der Waals surface area contributed by atoms with Crippen LogP contribution in [0, 0.1) is 0 Å². The number of aromatic nitrogens is 2. The van der Waals surface area contributed by atoms with Crippen LogP contribution in [0.2, 0.25) is 0 Å². The van der Waals surface area contributed by atoms with Crippen LogP contribution in [0.5, 0.6) is 0 Å². The number of methoxy groups -OCH3 is 1. The van der Waals surface area contributed by atoms with Crippen molar-refractivity contribution in [3.63, 3.8) is 0 Å². The molecule has 0 aromatic carbocycles. The van der Waals surface area contributed by atoms with E-state index in [9.17, 15) is 4.79 Å². The van der Waals surface area contributed by atoms with Crippen LogP contribution < -0.4 is 0 Å². The van der Waals surface area contributed by atoms with E-state index in [1.165, 1.54) is 18.0 Å². The fraction of sp³-hybridized carbons (Fsp3) is 0.429. The zero-order valence-electron chi connectivity index (χ0n) is 6.67. The maximum atomic E-state index is 11.0. The van der Waals surface area contributed by atoms with Crippen molar-refractivity contribution in [2.24, 2.45) is 0 Å². The first-order valence-electron chi connectivity index (χ1n) is 3.47. The standard InChI is InChI=1S/C7H10N2O3/c1-12-7(11)6(5-10)9-4-2-3-8-9/h2-4,6,10H,5H2,1H3. The Bertz CT molecular complexity index is 245. The zero-order chi connectivity index (χ0) is 8.97. The summed E-state index contributed by atoms with van der Waals surface area (Å²) in [5.41, 5.74) is 0. The Kier molecular flexibility index (Phi) is 2.82. The van der Waals surface area contributed by atoms with Crippen LogP contribution in [0.25, 0.3) is 0 Å². The van der Waals surface area contributed by atoms with E-state index in [0.717, 1.165) is 0 Å². The Balaban J connectivity index is 2.76. The number of nitrogens with zero attached hydrogens (tertiary/aromatic N) is 2. The van der Waals surface area contributed by atoms with Crippen molar-refractivity contribution >= 4 is 5.97 Å². The number of ether oxygens (including phenoxy) is 1. The quantitative estimate of drug-likeness (QED) is 0.626. The Morgan fingerprint density at radius 2 is 2.58 bits per heavy atom. The highest BCUT2D eigenvalue weighted by Gasteiger charge is 2.19. The summed E-state index contributed by atoms with van der Waals surface area (Å²) in [6, 6.07) is 0.941. The average Bonchev–Trinajstić information content (AvgIpc) is 2.58. The van der Waals surface area contributed by atoms with Gasteiger partial charge >= 0.3 is 5.97 Å². The minimum Gasteiger partial charge on any atom is -0.467 e. The largest absolute Gasteiger partial charge is 0.467 e. The Labute approximate surface area is 69.6 Å². The number of hydrogen-bond donors (Lipinski definition) is 1. The molecule has 12 heavy (non-hydrogen) atoms. The van der Waals surface area contributed by atoms with Crippen molar-refractivity contribution in [3.8, 4) is 0 Å². The van der Waals surface area contributed by atoms with Gasteiger partial charge in [0.2, 0.25) is 0 Å². The smallest absolute Gasteiger partial charge is 0.333 e. The maximum absolute atomic E-state index is 11.0. The number of rotatable bonds is 3. The van der Waals surface area contributed by atoms with E-state index in [2.05, 4.69) is 9.84 Å². The van der Waals surface area contributed by atoms with Gasteiger partial charge in [-0.3, -0.25) is 4.68 Å². The number of aliphatic hydroxyl groups excluding tert-OH is 1. The van der Waals surface area contributed by atoms with Crippen molar-refractivity contribution in [1.82, 2.24) is 9.78 Å². The van der Waals surface area contributed by atoms with Crippen LogP contribution in [0.1, 0.15) is 6.04 Å². The highest BCUT2D eigenvalue weighted by atomic mass is 16.5. The third-order valence-corrected chi connectivity index (χ3v) is 1.49. The second-order valence-corrected chi connectivity index (χ2v) is 2.21. The van der Waals surface area contributed by atoms with E-state index in [4.69, 9.17) is 5.11 Å². The predicted octanol–water partition coefficient (Wildman–Crippen LogP) is -0.411. The van der Waals surface area contributed by atoms with Gasteiger partial charge in [0.1, 0.15) is 0 Å². The van der Waals surface area contributed by atoms with Crippen molar-refractivity contribution in [3.05, 3.63) is 18.5 Å². The highest BCUT2D eigenvalue weighted by Crippen LogP contribution is 2.04. The number of esters is 1. The van der Waals surface area contributed by atoms with Gasteiger partial charge in [-0.2, -0.15) is 5.10 Å². The first-order valence-corrected chi connectivity index (χ1v) is 3.47. The van der Waals surface area contributed by atoms with Crippen LogP contribution in [-0.4, -0.2) is 34.6 Å². The van der Waals surface area contributed by atoms with Crippen molar-refractivity contribution < 1.29 is 14.6 Å². The van der Waals surface area contributed by atoms with Gasteiger partial charge in [0.05, 0.1) is 13.7 Å². The number of aliphatic hydroxyl groups is 1. The molecule has 5 nitrogen and oxygen atoms in total. The molecule has 0 amide bonds. The Morgan fingerprint density at radius 3 is 3.00 bits per heavy atom. The minimum absolute atomic E-state index is 0.311. The van der Waals surface area contributed by atoms with E-state index in [0.29, 0.717) is 0 Å². The molecule has 0 fully saturated rings. The predicted molar refractivity (Wildman–Crippen MR) is 40.4 cm³/mol. The molecule has 0 saturated heterocycles. The molecule has 0 saturated carbocycles. The highest BCUT2D eigenvalue weighted by molar-refractivity contribution is 5.74. The molecule has 0 aliphatic carbocycles. The van der Waals surface area contributed by atoms with Gasteiger partial charge in [-0.25, -0.2) is 4.79 Å². The number of carbonyl (C=O) groups excluding carboxylic acids is 1. The van der Waals surface area contributed by atoms with E-state index in [-0.39, 0.29) is 6.61 Å². The van der Waals surface area contributed by atoms with Gasteiger partial charge in [0.25, 0.3) is 0 Å². The lowest BCUT2D eigenvalue weighted by molar-refractivity contribution is -0.146. The average molecular weight is 170 g/mol. The van der Waals surface area contributed by atoms with E-state index in [1.807, 2.05) is 0 Å². The van der Waals surface area contributed by atoms with Crippen molar-refractivity contribution in [2.45, 2.75) is 6.04 Å². The molecule has 1 aromatic rings. The molecule has 5 heteroatoms. The molecule has 1 unspecified atom stereocenters. The molecule has 0 bridgehead atoms. The molecule has 1 N–H and O–H groups in total. The lowest BCUT2D eigenvalue weighted by atomic mass is 10.3. The molecular weight excluding hydrogens is 160 g/mol. The molecule has 1 aromatic heterocycles. The van der Waals surface area contributed by atoms with E-state index in [1.54, 1.807) is 12.3 Å². The van der Waals surface area contributed by atoms with Gasteiger partial charge in [-0.05, 0) is 6.07 Å². The first-order chi connectivity index (χ1) is 5.79. The summed E-state index contributed by atoms with van der Waals surface area (Å²) in [5, 5.41) is 12.6. The van der Waals surface area contributed by atoms with Crippen LogP contribution in [0.4, 0.5) is 0 Å². The van der Waals surface area contributed by atoms with E-state index < -0.39 is 12.0 Å². The third kappa shape index (κ3) is 1.62. The molecule has 0 radical (unpaired) electrons. The summed E-state index contributed by atoms with van der Waals surface area (Å²) < 4.78 is 5.82. The van der Waals surface area contributed by atoms with Crippen LogP contribution in [0.15, 0.2) is 18.5 Å². The fourth-order valence-electron chi connectivity index (χ4n) is 0.867. The fourth-order valence-corrected chi connectivity index (χ4v) is 0.867. The molecule has 1 rings (SSSR count). The molecule has 0 aliphatic rings. The van der Waals surface area contributed by atoms with Crippen LogP contribution in [-0.2, 0) is 9.53 Å². The van der Waals surface area contributed by atoms with Crippen LogP contribution >= 0.6 is 0 Å². The lowest BCUT2D eigenvalue weighted by Gasteiger charge is -2.11. The SMILES string of the molecule is COC(=O)C(CO)n1cccn1. The monoisotopic (exact) mass is 170 g/mol. The summed E-state index contributed by atoms with van der Waals surface area (Å²) in [4.78, 5) is 11.0. The van der Waals surface area contributed by atoms with Crippen molar-refractivity contribution in [2.75, 3.05) is 13.7 Å². The van der Waals surface area contributed by atoms with Gasteiger partial charge < -0.3 is 9.84 Å². The zero-order valence-corrected chi connectivity index (χ0v) is 6.67. The molecule has 1 heterocycles. The van der Waals surface area contributed by atoms with Gasteiger partial charge in [-0.15, -0.1) is 0 Å². The second kappa shape index (κ2) is 3.87. The minimum atomic E-state index is -0.731. The van der Waals surface area contributed by atoms with E-state index >= 15 is 0 Å². The summed E-state index contributed by atoms with van der Waals surface area (Å²) in [7, 11) is 1.27. The topological polar surface area (TPSA) is 64.3 Å². The molecule has 0 spiro atoms. The van der Waals surface area contributed by atoms with Gasteiger partial charge in [0.15, 0.2) is 6.04 Å². The van der Waals surface area contributed by atoms with Gasteiger partial charge in [-0.1, -0.05) is 0 Å². The summed E-state index contributed by atoms with van der Waals surface area (Å²) in [6.07, 6.45) is 3.13. The van der Waals surface area contributed by atoms with Gasteiger partial charge in [0, 0.05) is 12.4 Å². The third-order valence-electron chi connectivity index (χ3n) is 1.49. The number of carbonyl (C=O) groups is 1. The van der Waals surface area contributed by atoms with Crippen LogP contribution in [0.3, 0.4) is 0 Å². The Hall–Kier alpha value is -1.36. The first kappa shape index (κ1) is 8.73. The van der Waals surface area contributed by atoms with Crippen molar-refractivity contribution in [1.29, 1.82) is 0 Å². The molecule has 1 atom stereocenters. The normalized spacial score (nSPS) is 12.5. The molecular formula is C7H10N2O3. The maximum Gasteiger partial charge on any atom is 0.333 e. The lowest BCUT2D eigenvalue weighted by Crippen LogP contribution is -2.24. The summed E-state index contributed by atoms with van der Waals surface area (Å²) in [5.74, 6) is -0.499. The summed E-state index contributed by atoms with van der Waals surface area (Å²) >= 11 is 0. The second-order valence-electron chi connectivity index (χ2n) is 2.21. The number of hydrogen-bond acceptors (Lipinski definition) is 4. The molecule has 66 valence electrons.